The van der Waals surface area contributed by atoms with E-state index in [-0.39, 0.29) is 18.7 Å². The van der Waals surface area contributed by atoms with E-state index in [0.29, 0.717) is 17.3 Å². The molecule has 0 heterocycles. The third-order valence-electron chi connectivity index (χ3n) is 3.45. The van der Waals surface area contributed by atoms with Gasteiger partial charge in [0.05, 0.1) is 5.69 Å². The summed E-state index contributed by atoms with van der Waals surface area (Å²) in [6, 6.07) is 14.8. The van der Waals surface area contributed by atoms with Crippen LogP contribution in [0.5, 0.6) is 0 Å². The Morgan fingerprint density at radius 1 is 0.923 bits per heavy atom. The number of anilines is 1. The highest BCUT2D eigenvalue weighted by Gasteiger charge is 2.16. The number of carbonyl (C=O) groups excluding carboxylic acids is 3. The zero-order valence-corrected chi connectivity index (χ0v) is 14.7. The van der Waals surface area contributed by atoms with Gasteiger partial charge in [0.25, 0.3) is 0 Å². The Hall–Kier alpha value is -3.06. The van der Waals surface area contributed by atoms with Crippen LogP contribution in [0.3, 0.4) is 0 Å². The molecule has 4 amide bonds. The Kier molecular flexibility index (Phi) is 6.99. The van der Waals surface area contributed by atoms with Gasteiger partial charge in [0, 0.05) is 24.4 Å². The van der Waals surface area contributed by atoms with Crippen molar-refractivity contribution in [3.8, 4) is 0 Å². The van der Waals surface area contributed by atoms with Crippen molar-refractivity contribution in [2.75, 3.05) is 5.01 Å². The van der Waals surface area contributed by atoms with E-state index >= 15 is 0 Å². The van der Waals surface area contributed by atoms with E-state index in [1.807, 2.05) is 30.3 Å². The van der Waals surface area contributed by atoms with Gasteiger partial charge >= 0.3 is 6.03 Å². The zero-order chi connectivity index (χ0) is 18.9. The minimum Gasteiger partial charge on any atom is -0.352 e. The molecule has 0 radical (unpaired) electrons. The number of nitrogens with one attached hydrogen (secondary N) is 2. The molecule has 2 aromatic carbocycles. The summed E-state index contributed by atoms with van der Waals surface area (Å²) in [5.74, 6) is -0.769. The van der Waals surface area contributed by atoms with E-state index in [1.54, 1.807) is 24.3 Å². The van der Waals surface area contributed by atoms with Crippen LogP contribution >= 0.6 is 11.6 Å². The van der Waals surface area contributed by atoms with Crippen LogP contribution in [-0.4, -0.2) is 17.8 Å². The Labute approximate surface area is 156 Å². The number of nitrogens with two attached hydrogens (primary N) is 1. The van der Waals surface area contributed by atoms with Crippen molar-refractivity contribution in [2.45, 2.75) is 19.4 Å². The number of primary amides is 1. The second-order valence-corrected chi connectivity index (χ2v) is 5.88. The van der Waals surface area contributed by atoms with Crippen LogP contribution in [0.2, 0.25) is 5.02 Å². The summed E-state index contributed by atoms with van der Waals surface area (Å²) in [6.45, 7) is 0.388. The van der Waals surface area contributed by atoms with Gasteiger partial charge in [-0.05, 0) is 29.8 Å². The molecule has 8 heteroatoms. The number of hydrogen-bond acceptors (Lipinski definition) is 3. The fourth-order valence-electron chi connectivity index (χ4n) is 2.13. The van der Waals surface area contributed by atoms with Crippen molar-refractivity contribution in [3.63, 3.8) is 0 Å². The number of benzene rings is 2. The van der Waals surface area contributed by atoms with Crippen molar-refractivity contribution in [1.82, 2.24) is 10.7 Å². The number of urea groups is 1. The first-order valence-electron chi connectivity index (χ1n) is 7.91. The summed E-state index contributed by atoms with van der Waals surface area (Å²) in [7, 11) is 0. The van der Waals surface area contributed by atoms with Crippen LogP contribution in [0.4, 0.5) is 10.5 Å². The van der Waals surface area contributed by atoms with Gasteiger partial charge in [-0.25, -0.2) is 9.80 Å². The first-order chi connectivity index (χ1) is 12.5. The van der Waals surface area contributed by atoms with E-state index in [1.165, 1.54) is 0 Å². The third kappa shape index (κ3) is 6.10. The lowest BCUT2D eigenvalue weighted by molar-refractivity contribution is -0.126. The van der Waals surface area contributed by atoms with Crippen molar-refractivity contribution < 1.29 is 14.4 Å². The molecule has 26 heavy (non-hydrogen) atoms. The quantitative estimate of drug-likeness (QED) is 0.676. The van der Waals surface area contributed by atoms with Crippen molar-refractivity contribution >= 4 is 35.1 Å². The molecule has 0 fully saturated rings. The number of hydrazine groups is 1. The summed E-state index contributed by atoms with van der Waals surface area (Å²) in [5.41, 5.74) is 8.99. The van der Waals surface area contributed by atoms with Gasteiger partial charge in [0.2, 0.25) is 11.8 Å². The SMILES string of the molecule is NC(=O)N(NC(=O)CCC(=O)NCc1ccccc1)c1ccc(Cl)cc1. The maximum Gasteiger partial charge on any atom is 0.338 e. The summed E-state index contributed by atoms with van der Waals surface area (Å²) in [6.07, 6.45) is -0.0934. The molecule has 0 aliphatic heterocycles. The predicted molar refractivity (Wildman–Crippen MR) is 99.2 cm³/mol. The molecule has 0 atom stereocenters. The van der Waals surface area contributed by atoms with Gasteiger partial charge in [-0.1, -0.05) is 41.9 Å². The van der Waals surface area contributed by atoms with Crippen LogP contribution in [0, 0.1) is 0 Å². The Bertz CT molecular complexity index is 766. The third-order valence-corrected chi connectivity index (χ3v) is 3.71. The van der Waals surface area contributed by atoms with Crippen LogP contribution in [0.1, 0.15) is 18.4 Å². The molecule has 2 aromatic rings. The largest absolute Gasteiger partial charge is 0.352 e. The van der Waals surface area contributed by atoms with Crippen LogP contribution in [0.15, 0.2) is 54.6 Å². The predicted octanol–water partition coefficient (Wildman–Crippen LogP) is 2.35. The van der Waals surface area contributed by atoms with Crippen LogP contribution in [0.25, 0.3) is 0 Å². The minimum atomic E-state index is -0.853. The van der Waals surface area contributed by atoms with Crippen LogP contribution in [-0.2, 0) is 16.1 Å². The lowest BCUT2D eigenvalue weighted by Gasteiger charge is -2.21. The number of rotatable bonds is 6. The highest BCUT2D eigenvalue weighted by atomic mass is 35.5. The Morgan fingerprint density at radius 2 is 1.54 bits per heavy atom. The lowest BCUT2D eigenvalue weighted by Crippen LogP contribution is -2.49. The van der Waals surface area contributed by atoms with Crippen LogP contribution < -0.4 is 21.5 Å². The number of amides is 4. The molecule has 136 valence electrons. The Balaban J connectivity index is 1.81. The van der Waals surface area contributed by atoms with E-state index in [9.17, 15) is 14.4 Å². The van der Waals surface area contributed by atoms with Gasteiger partial charge < -0.3 is 11.1 Å². The molecular formula is C18H19ClN4O3. The number of nitrogens with zero attached hydrogens (tertiary/aromatic N) is 1. The average molecular weight is 375 g/mol. The number of hydrogen-bond donors (Lipinski definition) is 3. The minimum absolute atomic E-state index is 0.00805. The lowest BCUT2D eigenvalue weighted by atomic mass is 10.2. The van der Waals surface area contributed by atoms with E-state index in [0.717, 1.165) is 10.6 Å². The molecule has 0 saturated carbocycles. The first kappa shape index (κ1) is 19.3. The average Bonchev–Trinajstić information content (AvgIpc) is 2.64. The topological polar surface area (TPSA) is 105 Å². The smallest absolute Gasteiger partial charge is 0.338 e. The second kappa shape index (κ2) is 9.43. The molecule has 0 aliphatic rings. The molecule has 0 saturated heterocycles. The highest BCUT2D eigenvalue weighted by Crippen LogP contribution is 2.16. The molecule has 4 N–H and O–H groups in total. The molecular weight excluding hydrogens is 356 g/mol. The molecule has 0 spiro atoms. The molecule has 0 aromatic heterocycles. The van der Waals surface area contributed by atoms with E-state index in [2.05, 4.69) is 10.7 Å². The Morgan fingerprint density at radius 3 is 2.15 bits per heavy atom. The first-order valence-corrected chi connectivity index (χ1v) is 8.29. The summed E-state index contributed by atoms with van der Waals surface area (Å²) >= 11 is 5.79. The molecule has 2 rings (SSSR count). The van der Waals surface area contributed by atoms with Gasteiger partial charge in [-0.15, -0.1) is 0 Å². The van der Waals surface area contributed by atoms with Gasteiger partial charge in [-0.2, -0.15) is 0 Å². The number of halogens is 1. The maximum atomic E-state index is 12.0. The molecule has 0 bridgehead atoms. The normalized spacial score (nSPS) is 10.0. The molecule has 0 aliphatic carbocycles. The summed E-state index contributed by atoms with van der Waals surface area (Å²) < 4.78 is 0. The zero-order valence-electron chi connectivity index (χ0n) is 13.9. The van der Waals surface area contributed by atoms with Gasteiger partial charge in [0.1, 0.15) is 0 Å². The monoisotopic (exact) mass is 374 g/mol. The van der Waals surface area contributed by atoms with Crippen molar-refractivity contribution in [2.24, 2.45) is 5.73 Å². The molecule has 0 unspecified atom stereocenters. The fraction of sp³-hybridized carbons (Fsp3) is 0.167. The summed E-state index contributed by atoms with van der Waals surface area (Å²) in [5, 5.41) is 4.12. The van der Waals surface area contributed by atoms with Crippen molar-refractivity contribution in [1.29, 1.82) is 0 Å². The van der Waals surface area contributed by atoms with Gasteiger partial charge in [0.15, 0.2) is 0 Å². The number of carbonyl (C=O) groups is 3. The van der Waals surface area contributed by atoms with Crippen molar-refractivity contribution in [3.05, 3.63) is 65.2 Å². The van der Waals surface area contributed by atoms with E-state index < -0.39 is 11.9 Å². The van der Waals surface area contributed by atoms with E-state index in [4.69, 9.17) is 17.3 Å². The fourth-order valence-corrected chi connectivity index (χ4v) is 2.26. The van der Waals surface area contributed by atoms with Gasteiger partial charge in [-0.3, -0.25) is 15.0 Å². The highest BCUT2D eigenvalue weighted by molar-refractivity contribution is 6.30. The summed E-state index contributed by atoms with van der Waals surface area (Å²) in [4.78, 5) is 35.4. The standard InChI is InChI=1S/C18H19ClN4O3/c19-14-6-8-15(9-7-14)23(18(20)26)22-17(25)11-10-16(24)21-12-13-4-2-1-3-5-13/h1-9H,10-12H2,(H2,20,26)(H,21,24)(H,22,25). The maximum absolute atomic E-state index is 12.0. The second-order valence-electron chi connectivity index (χ2n) is 5.45. The molecule has 7 nitrogen and oxygen atoms in total.